The number of carbonyl (C=O) groups excluding carboxylic acids is 2. The minimum atomic E-state index is -3.79. The number of hydrogen-bond acceptors (Lipinski definition) is 6. The summed E-state index contributed by atoms with van der Waals surface area (Å²) < 4.78 is 37.4. The molecule has 0 aliphatic rings. The number of ether oxygens (including phenoxy) is 1. The molecule has 0 bridgehead atoms. The molecular weight excluding hydrogens is 468 g/mol. The van der Waals surface area contributed by atoms with Gasteiger partial charge in [-0.1, -0.05) is 42.5 Å². The first-order valence-corrected chi connectivity index (χ1v) is 12.4. The van der Waals surface area contributed by atoms with Crippen LogP contribution in [0.4, 0.5) is 0 Å². The summed E-state index contributed by atoms with van der Waals surface area (Å²) in [5, 5.41) is 4.94. The molecule has 4 rings (SSSR count). The number of benzene rings is 3. The van der Waals surface area contributed by atoms with Crippen molar-refractivity contribution in [3.05, 3.63) is 102 Å². The van der Waals surface area contributed by atoms with Crippen LogP contribution < -0.4 is 10.0 Å². The minimum Gasteiger partial charge on any atom is -0.468 e. The molecule has 180 valence electrons. The third-order valence-electron chi connectivity index (χ3n) is 5.42. The van der Waals surface area contributed by atoms with Crippen molar-refractivity contribution in [1.29, 1.82) is 0 Å². The van der Waals surface area contributed by atoms with E-state index in [4.69, 9.17) is 9.15 Å². The van der Waals surface area contributed by atoms with E-state index < -0.39 is 28.5 Å². The zero-order valence-electron chi connectivity index (χ0n) is 18.9. The number of hydrogen-bond donors (Lipinski definition) is 2. The number of rotatable bonds is 9. The van der Waals surface area contributed by atoms with Crippen LogP contribution in [0.15, 0.2) is 94.4 Å². The zero-order valence-corrected chi connectivity index (χ0v) is 19.7. The van der Waals surface area contributed by atoms with E-state index in [1.165, 1.54) is 30.5 Å². The molecule has 0 saturated carbocycles. The Kier molecular flexibility index (Phi) is 7.28. The highest BCUT2D eigenvalue weighted by Gasteiger charge is 2.17. The Morgan fingerprint density at radius 2 is 1.69 bits per heavy atom. The molecule has 0 aliphatic heterocycles. The topological polar surface area (TPSA) is 115 Å². The number of sulfonamides is 1. The maximum absolute atomic E-state index is 12.4. The average molecular weight is 493 g/mol. The van der Waals surface area contributed by atoms with Crippen LogP contribution in [0.1, 0.15) is 34.6 Å². The predicted molar refractivity (Wildman–Crippen MR) is 130 cm³/mol. The van der Waals surface area contributed by atoms with Crippen LogP contribution in [0.2, 0.25) is 0 Å². The largest absolute Gasteiger partial charge is 0.468 e. The van der Waals surface area contributed by atoms with Crippen LogP contribution in [-0.4, -0.2) is 26.9 Å². The van der Waals surface area contributed by atoms with Crippen LogP contribution in [0.3, 0.4) is 0 Å². The lowest BCUT2D eigenvalue weighted by Crippen LogP contribution is -2.31. The highest BCUT2D eigenvalue weighted by molar-refractivity contribution is 7.89. The van der Waals surface area contributed by atoms with Crippen molar-refractivity contribution < 1.29 is 27.2 Å². The number of nitrogens with one attached hydrogen (secondary N) is 2. The van der Waals surface area contributed by atoms with Gasteiger partial charge < -0.3 is 14.5 Å². The van der Waals surface area contributed by atoms with E-state index in [1.807, 2.05) is 49.4 Å². The Balaban J connectivity index is 1.31. The molecule has 8 nitrogen and oxygen atoms in total. The molecule has 1 heterocycles. The third-order valence-corrected chi connectivity index (χ3v) is 6.84. The van der Waals surface area contributed by atoms with E-state index in [-0.39, 0.29) is 23.0 Å². The van der Waals surface area contributed by atoms with Crippen LogP contribution in [0.5, 0.6) is 0 Å². The average Bonchev–Trinajstić information content (AvgIpc) is 3.40. The molecule has 0 fully saturated rings. The molecule has 0 radical (unpaired) electrons. The number of furan rings is 1. The number of esters is 1. The first-order chi connectivity index (χ1) is 16.8. The van der Waals surface area contributed by atoms with Gasteiger partial charge in [0.25, 0.3) is 5.91 Å². The third kappa shape index (κ3) is 5.95. The predicted octanol–water partition coefficient (Wildman–Crippen LogP) is 3.95. The normalized spacial score (nSPS) is 12.3. The molecule has 1 amide bonds. The zero-order chi connectivity index (χ0) is 24.8. The van der Waals surface area contributed by atoms with Crippen molar-refractivity contribution in [3.8, 4) is 0 Å². The lowest BCUT2D eigenvalue weighted by atomic mass is 10.00. The van der Waals surface area contributed by atoms with Crippen LogP contribution >= 0.6 is 0 Å². The minimum absolute atomic E-state index is 0.00539. The maximum Gasteiger partial charge on any atom is 0.338 e. The Hall–Kier alpha value is -3.95. The van der Waals surface area contributed by atoms with Crippen molar-refractivity contribution >= 4 is 32.7 Å². The molecule has 0 spiro atoms. The summed E-state index contributed by atoms with van der Waals surface area (Å²) in [6.07, 6.45) is 1.45. The molecule has 2 N–H and O–H groups in total. The first kappa shape index (κ1) is 24.2. The van der Waals surface area contributed by atoms with Gasteiger partial charge in [-0.3, -0.25) is 4.79 Å². The Labute approximate surface area is 203 Å². The number of amides is 1. The van der Waals surface area contributed by atoms with E-state index >= 15 is 0 Å². The quantitative estimate of drug-likeness (QED) is 0.342. The molecule has 1 aromatic heterocycles. The molecule has 9 heteroatoms. The van der Waals surface area contributed by atoms with Crippen molar-refractivity contribution in [2.24, 2.45) is 0 Å². The van der Waals surface area contributed by atoms with Gasteiger partial charge >= 0.3 is 5.97 Å². The van der Waals surface area contributed by atoms with Gasteiger partial charge in [0.05, 0.1) is 29.3 Å². The van der Waals surface area contributed by atoms with Gasteiger partial charge in [0, 0.05) is 0 Å². The van der Waals surface area contributed by atoms with Gasteiger partial charge in [0.1, 0.15) is 5.76 Å². The Morgan fingerprint density at radius 3 is 2.43 bits per heavy atom. The van der Waals surface area contributed by atoms with Crippen LogP contribution in [0, 0.1) is 0 Å². The molecule has 1 unspecified atom stereocenters. The second kappa shape index (κ2) is 10.5. The van der Waals surface area contributed by atoms with Crippen molar-refractivity contribution in [1.82, 2.24) is 10.0 Å². The van der Waals surface area contributed by atoms with E-state index in [0.29, 0.717) is 5.76 Å². The summed E-state index contributed by atoms with van der Waals surface area (Å²) in [7, 11) is -3.79. The van der Waals surface area contributed by atoms with Gasteiger partial charge in [-0.2, -0.15) is 0 Å². The fraction of sp³-hybridized carbons (Fsp3) is 0.154. The summed E-state index contributed by atoms with van der Waals surface area (Å²) in [5.74, 6) is -0.701. The molecule has 3 aromatic carbocycles. The highest BCUT2D eigenvalue weighted by atomic mass is 32.2. The fourth-order valence-corrected chi connectivity index (χ4v) is 4.63. The van der Waals surface area contributed by atoms with Gasteiger partial charge in [-0.25, -0.2) is 17.9 Å². The van der Waals surface area contributed by atoms with Crippen molar-refractivity contribution in [3.63, 3.8) is 0 Å². The number of fused-ring (bicyclic) bond motifs is 1. The van der Waals surface area contributed by atoms with E-state index in [0.717, 1.165) is 16.3 Å². The van der Waals surface area contributed by atoms with E-state index in [2.05, 4.69) is 10.0 Å². The van der Waals surface area contributed by atoms with E-state index in [1.54, 1.807) is 12.1 Å². The summed E-state index contributed by atoms with van der Waals surface area (Å²) in [6.45, 7) is 1.41. The van der Waals surface area contributed by atoms with Gasteiger partial charge in [0.15, 0.2) is 6.61 Å². The molecule has 0 aliphatic carbocycles. The molecular formula is C26H24N2O6S. The second-order valence-corrected chi connectivity index (χ2v) is 9.63. The summed E-state index contributed by atoms with van der Waals surface area (Å²) in [5.41, 5.74) is 1.09. The molecule has 1 atom stereocenters. The Bertz CT molecular complexity index is 1430. The lowest BCUT2D eigenvalue weighted by Gasteiger charge is -2.16. The van der Waals surface area contributed by atoms with Gasteiger partial charge in [0.2, 0.25) is 10.0 Å². The standard InChI is InChI=1S/C26H24N2O6S/c1-18(23-10-4-7-19-6-2-3-9-24(19)23)28-25(29)17-34-26(30)20-11-13-22(14-12-20)35(31,32)27-16-21-8-5-15-33-21/h2-15,18,27H,16-17H2,1H3,(H,28,29). The summed E-state index contributed by atoms with van der Waals surface area (Å²) >= 11 is 0. The Morgan fingerprint density at radius 1 is 0.943 bits per heavy atom. The summed E-state index contributed by atoms with van der Waals surface area (Å²) in [4.78, 5) is 24.7. The first-order valence-electron chi connectivity index (χ1n) is 10.9. The number of carbonyl (C=O) groups is 2. The fourth-order valence-electron chi connectivity index (χ4n) is 3.64. The van der Waals surface area contributed by atoms with E-state index in [9.17, 15) is 18.0 Å². The maximum atomic E-state index is 12.4. The van der Waals surface area contributed by atoms with Crippen LogP contribution in [-0.2, 0) is 26.1 Å². The smallest absolute Gasteiger partial charge is 0.338 e. The highest BCUT2D eigenvalue weighted by Crippen LogP contribution is 2.24. The van der Waals surface area contributed by atoms with Gasteiger partial charge in [-0.15, -0.1) is 0 Å². The SMILES string of the molecule is CC(NC(=O)COC(=O)c1ccc(S(=O)(=O)NCc2ccco2)cc1)c1cccc2ccccc12. The van der Waals surface area contributed by atoms with Crippen LogP contribution in [0.25, 0.3) is 10.8 Å². The lowest BCUT2D eigenvalue weighted by molar-refractivity contribution is -0.124. The summed E-state index contributed by atoms with van der Waals surface area (Å²) in [6, 6.07) is 22.0. The second-order valence-electron chi connectivity index (χ2n) is 7.86. The van der Waals surface area contributed by atoms with Crippen molar-refractivity contribution in [2.45, 2.75) is 24.4 Å². The monoisotopic (exact) mass is 492 g/mol. The van der Waals surface area contributed by atoms with Crippen molar-refractivity contribution in [2.75, 3.05) is 6.61 Å². The molecule has 35 heavy (non-hydrogen) atoms. The molecule has 4 aromatic rings. The van der Waals surface area contributed by atoms with Gasteiger partial charge in [-0.05, 0) is 59.7 Å². The molecule has 0 saturated heterocycles.